The smallest absolute Gasteiger partial charge is 0.304 e. The van der Waals surface area contributed by atoms with Gasteiger partial charge in [-0.25, -0.2) is 0 Å². The molecule has 0 unspecified atom stereocenters. The maximum atomic E-state index is 10.1. The van der Waals surface area contributed by atoms with Crippen LogP contribution >= 0.6 is 0 Å². The van der Waals surface area contributed by atoms with Crippen LogP contribution in [0.5, 0.6) is 0 Å². The predicted molar refractivity (Wildman–Crippen MR) is 36.3 cm³/mol. The molecule has 0 saturated heterocycles. The molecule has 0 fully saturated rings. The molecular formula is C7H11NO2. The quantitative estimate of drug-likeness (QED) is 0.643. The molecule has 1 N–H and O–H groups in total. The zero-order valence-electron chi connectivity index (χ0n) is 6.00. The monoisotopic (exact) mass is 141 g/mol. The number of carboxylic acids is 1. The summed E-state index contributed by atoms with van der Waals surface area (Å²) in [7, 11) is 0. The summed E-state index contributed by atoms with van der Waals surface area (Å²) in [6.45, 7) is 1.94. The van der Waals surface area contributed by atoms with Crippen LogP contribution in [-0.4, -0.2) is 11.1 Å². The van der Waals surface area contributed by atoms with Gasteiger partial charge in [0, 0.05) is 0 Å². The van der Waals surface area contributed by atoms with Gasteiger partial charge in [-0.05, 0) is 6.42 Å². The van der Waals surface area contributed by atoms with Crippen LogP contribution in [0.3, 0.4) is 0 Å². The van der Waals surface area contributed by atoms with Gasteiger partial charge in [-0.1, -0.05) is 13.3 Å². The van der Waals surface area contributed by atoms with E-state index in [0.717, 1.165) is 6.42 Å². The summed E-state index contributed by atoms with van der Waals surface area (Å²) < 4.78 is 0. The first kappa shape index (κ1) is 8.96. The van der Waals surface area contributed by atoms with Crippen LogP contribution in [0.4, 0.5) is 0 Å². The molecule has 0 aromatic rings. The molecule has 1 atom stereocenters. The van der Waals surface area contributed by atoms with E-state index in [4.69, 9.17) is 10.4 Å². The van der Waals surface area contributed by atoms with E-state index in [1.54, 1.807) is 0 Å². The molecule has 0 rings (SSSR count). The van der Waals surface area contributed by atoms with Crippen LogP contribution in [-0.2, 0) is 4.79 Å². The first-order chi connectivity index (χ1) is 4.70. The Bertz CT molecular complexity index is 148. The lowest BCUT2D eigenvalue weighted by Crippen LogP contribution is -2.04. The molecule has 0 spiro atoms. The van der Waals surface area contributed by atoms with Gasteiger partial charge >= 0.3 is 5.97 Å². The van der Waals surface area contributed by atoms with Crippen LogP contribution in [0.2, 0.25) is 0 Å². The van der Waals surface area contributed by atoms with Gasteiger partial charge in [0.15, 0.2) is 0 Å². The molecule has 0 bridgehead atoms. The number of carbonyl (C=O) groups is 1. The fourth-order valence-electron chi connectivity index (χ4n) is 0.772. The number of carboxylic acid groups (broad SMARTS) is 1. The molecule has 0 amide bonds. The van der Waals surface area contributed by atoms with Crippen LogP contribution in [0, 0.1) is 17.2 Å². The lowest BCUT2D eigenvalue weighted by Gasteiger charge is -2.01. The second-order valence-electron chi connectivity index (χ2n) is 2.21. The van der Waals surface area contributed by atoms with Gasteiger partial charge in [-0.15, -0.1) is 0 Å². The SMILES string of the molecule is CCC[C@@H](C#N)CC(=O)O. The van der Waals surface area contributed by atoms with E-state index < -0.39 is 5.97 Å². The number of hydrogen-bond donors (Lipinski definition) is 1. The van der Waals surface area contributed by atoms with Crippen molar-refractivity contribution < 1.29 is 9.90 Å². The van der Waals surface area contributed by atoms with E-state index in [-0.39, 0.29) is 12.3 Å². The Morgan fingerprint density at radius 3 is 2.70 bits per heavy atom. The summed E-state index contributed by atoms with van der Waals surface area (Å²) in [6.07, 6.45) is 1.53. The van der Waals surface area contributed by atoms with Crippen molar-refractivity contribution in [2.45, 2.75) is 26.2 Å². The Kier molecular flexibility index (Phi) is 4.30. The highest BCUT2D eigenvalue weighted by Gasteiger charge is 2.09. The van der Waals surface area contributed by atoms with Crippen molar-refractivity contribution in [2.24, 2.45) is 5.92 Å². The zero-order valence-corrected chi connectivity index (χ0v) is 6.00. The molecule has 3 nitrogen and oxygen atoms in total. The van der Waals surface area contributed by atoms with Gasteiger partial charge in [0.05, 0.1) is 18.4 Å². The van der Waals surface area contributed by atoms with Crippen molar-refractivity contribution in [2.75, 3.05) is 0 Å². The third-order valence-corrected chi connectivity index (χ3v) is 1.24. The Balaban J connectivity index is 3.63. The summed E-state index contributed by atoms with van der Waals surface area (Å²) in [5.41, 5.74) is 0. The normalized spacial score (nSPS) is 12.0. The fraction of sp³-hybridized carbons (Fsp3) is 0.714. The average Bonchev–Trinajstić information content (AvgIpc) is 1.86. The summed E-state index contributed by atoms with van der Waals surface area (Å²) in [5.74, 6) is -1.19. The first-order valence-corrected chi connectivity index (χ1v) is 3.32. The van der Waals surface area contributed by atoms with Crippen LogP contribution in [0.1, 0.15) is 26.2 Å². The maximum Gasteiger partial charge on any atom is 0.304 e. The summed E-state index contributed by atoms with van der Waals surface area (Å²) >= 11 is 0. The average molecular weight is 141 g/mol. The number of nitrogens with zero attached hydrogens (tertiary/aromatic N) is 1. The topological polar surface area (TPSA) is 61.1 Å². The number of aliphatic carboxylic acids is 1. The van der Waals surface area contributed by atoms with Crippen molar-refractivity contribution in [3.63, 3.8) is 0 Å². The number of nitriles is 1. The van der Waals surface area contributed by atoms with Crippen molar-refractivity contribution in [3.05, 3.63) is 0 Å². The molecule has 0 aliphatic heterocycles. The van der Waals surface area contributed by atoms with Gasteiger partial charge in [-0.3, -0.25) is 4.79 Å². The Labute approximate surface area is 60.3 Å². The maximum absolute atomic E-state index is 10.1. The van der Waals surface area contributed by atoms with Crippen molar-refractivity contribution in [1.82, 2.24) is 0 Å². The van der Waals surface area contributed by atoms with Crippen LogP contribution < -0.4 is 0 Å². The molecule has 0 aliphatic carbocycles. The van der Waals surface area contributed by atoms with Crippen LogP contribution in [0.15, 0.2) is 0 Å². The molecular weight excluding hydrogens is 130 g/mol. The van der Waals surface area contributed by atoms with Crippen molar-refractivity contribution in [1.29, 1.82) is 5.26 Å². The Morgan fingerprint density at radius 1 is 1.80 bits per heavy atom. The minimum atomic E-state index is -0.889. The fourth-order valence-corrected chi connectivity index (χ4v) is 0.772. The predicted octanol–water partition coefficient (Wildman–Crippen LogP) is 1.40. The molecule has 0 aromatic heterocycles. The van der Waals surface area contributed by atoms with Gasteiger partial charge in [0.25, 0.3) is 0 Å². The van der Waals surface area contributed by atoms with Crippen molar-refractivity contribution >= 4 is 5.97 Å². The molecule has 0 saturated carbocycles. The molecule has 3 heteroatoms. The highest BCUT2D eigenvalue weighted by Crippen LogP contribution is 2.08. The van der Waals surface area contributed by atoms with E-state index in [2.05, 4.69) is 0 Å². The minimum Gasteiger partial charge on any atom is -0.481 e. The van der Waals surface area contributed by atoms with Crippen LogP contribution in [0.25, 0.3) is 0 Å². The van der Waals surface area contributed by atoms with Gasteiger partial charge < -0.3 is 5.11 Å². The molecule has 0 heterocycles. The summed E-state index contributed by atoms with van der Waals surface area (Å²) in [5, 5.41) is 16.7. The first-order valence-electron chi connectivity index (χ1n) is 3.32. The molecule has 0 radical (unpaired) electrons. The lowest BCUT2D eigenvalue weighted by atomic mass is 10.0. The van der Waals surface area contributed by atoms with Gasteiger partial charge in [0.2, 0.25) is 0 Å². The second kappa shape index (κ2) is 4.80. The molecule has 0 aliphatic rings. The number of rotatable bonds is 4. The Hall–Kier alpha value is -1.04. The largest absolute Gasteiger partial charge is 0.481 e. The second-order valence-corrected chi connectivity index (χ2v) is 2.21. The van der Waals surface area contributed by atoms with E-state index in [9.17, 15) is 4.79 Å². The van der Waals surface area contributed by atoms with E-state index in [1.807, 2.05) is 13.0 Å². The number of hydrogen-bond acceptors (Lipinski definition) is 2. The molecule has 10 heavy (non-hydrogen) atoms. The standard InChI is InChI=1S/C7H11NO2/c1-2-3-6(5-8)4-7(9)10/h6H,2-4H2,1H3,(H,9,10)/t6-/m1/s1. The van der Waals surface area contributed by atoms with E-state index in [0.29, 0.717) is 6.42 Å². The third kappa shape index (κ3) is 3.90. The lowest BCUT2D eigenvalue weighted by molar-refractivity contribution is -0.137. The van der Waals surface area contributed by atoms with Gasteiger partial charge in [-0.2, -0.15) is 5.26 Å². The van der Waals surface area contributed by atoms with E-state index in [1.165, 1.54) is 0 Å². The summed E-state index contributed by atoms with van der Waals surface area (Å²) in [6, 6.07) is 1.95. The molecule has 56 valence electrons. The third-order valence-electron chi connectivity index (χ3n) is 1.24. The minimum absolute atomic E-state index is 0.0235. The highest BCUT2D eigenvalue weighted by atomic mass is 16.4. The summed E-state index contributed by atoms with van der Waals surface area (Å²) in [4.78, 5) is 10.1. The zero-order chi connectivity index (χ0) is 7.98. The highest BCUT2D eigenvalue weighted by molar-refractivity contribution is 5.67. The Morgan fingerprint density at radius 2 is 2.40 bits per heavy atom. The molecule has 0 aromatic carbocycles. The van der Waals surface area contributed by atoms with E-state index >= 15 is 0 Å². The van der Waals surface area contributed by atoms with Gasteiger partial charge in [0.1, 0.15) is 0 Å². The van der Waals surface area contributed by atoms with Crippen molar-refractivity contribution in [3.8, 4) is 6.07 Å².